The fourth-order valence-electron chi connectivity index (χ4n) is 4.26. The van der Waals surface area contributed by atoms with E-state index < -0.39 is 0 Å². The summed E-state index contributed by atoms with van der Waals surface area (Å²) in [5.74, 6) is 0.0275. The fraction of sp³-hybridized carbons (Fsp3) is 0.409. The first-order valence-corrected chi connectivity index (χ1v) is 10.4. The number of thiocarbonyl (C=S) groups is 1. The molecule has 0 spiro atoms. The SMILES string of the molecule is CC1CCCCN1C(=O)Cn1cc(C=C2C(=O)N(C)C(=S)N2C)c2ccccc21. The number of rotatable bonds is 3. The van der Waals surface area contributed by atoms with E-state index >= 15 is 0 Å². The highest BCUT2D eigenvalue weighted by Gasteiger charge is 2.33. The van der Waals surface area contributed by atoms with E-state index in [1.54, 1.807) is 19.0 Å². The van der Waals surface area contributed by atoms with Crippen LogP contribution < -0.4 is 0 Å². The predicted molar refractivity (Wildman–Crippen MR) is 118 cm³/mol. The highest BCUT2D eigenvalue weighted by molar-refractivity contribution is 7.80. The number of likely N-dealkylation sites (tertiary alicyclic amines) is 1. The minimum Gasteiger partial charge on any atom is -0.338 e. The largest absolute Gasteiger partial charge is 0.338 e. The van der Waals surface area contributed by atoms with Gasteiger partial charge in [-0.3, -0.25) is 14.5 Å². The van der Waals surface area contributed by atoms with Crippen LogP contribution in [0.1, 0.15) is 31.7 Å². The highest BCUT2D eigenvalue weighted by atomic mass is 32.1. The first-order valence-electron chi connectivity index (χ1n) is 10.0. The molecule has 3 heterocycles. The summed E-state index contributed by atoms with van der Waals surface area (Å²) in [5.41, 5.74) is 2.44. The minimum atomic E-state index is -0.118. The van der Waals surface area contributed by atoms with Crippen LogP contribution in [-0.2, 0) is 16.1 Å². The lowest BCUT2D eigenvalue weighted by Crippen LogP contribution is -2.43. The second-order valence-electron chi connectivity index (χ2n) is 7.90. The minimum absolute atomic E-state index is 0.118. The van der Waals surface area contributed by atoms with Crippen LogP contribution in [0.15, 0.2) is 36.2 Å². The van der Waals surface area contributed by atoms with Gasteiger partial charge in [-0.05, 0) is 50.5 Å². The van der Waals surface area contributed by atoms with Gasteiger partial charge in [0, 0.05) is 49.3 Å². The standard InChI is InChI=1S/C22H26N4O2S/c1-15-8-6-7-11-26(15)20(27)14-25-13-16(17-9-4-5-10-18(17)25)12-19-21(28)24(3)22(29)23(19)2/h4-5,9-10,12-13,15H,6-8,11,14H2,1-3H3. The Kier molecular flexibility index (Phi) is 5.17. The van der Waals surface area contributed by atoms with Crippen molar-refractivity contribution in [2.45, 2.75) is 38.8 Å². The third-order valence-corrected chi connectivity index (χ3v) is 6.55. The number of hydrogen-bond acceptors (Lipinski definition) is 3. The second-order valence-corrected chi connectivity index (χ2v) is 8.26. The van der Waals surface area contributed by atoms with Crippen LogP contribution >= 0.6 is 12.2 Å². The molecule has 1 unspecified atom stereocenters. The first kappa shape index (κ1) is 19.6. The molecule has 4 rings (SSSR count). The molecular formula is C22H26N4O2S. The number of amides is 2. The number of carbonyl (C=O) groups excluding carboxylic acids is 2. The number of fused-ring (bicyclic) bond motifs is 1. The molecule has 1 atom stereocenters. The topological polar surface area (TPSA) is 48.8 Å². The summed E-state index contributed by atoms with van der Waals surface area (Å²) in [6, 6.07) is 8.27. The Morgan fingerprint density at radius 3 is 2.66 bits per heavy atom. The lowest BCUT2D eigenvalue weighted by atomic mass is 10.0. The van der Waals surface area contributed by atoms with E-state index in [1.165, 1.54) is 11.3 Å². The number of nitrogens with zero attached hydrogens (tertiary/aromatic N) is 4. The van der Waals surface area contributed by atoms with Crippen LogP contribution in [-0.4, -0.2) is 62.9 Å². The summed E-state index contributed by atoms with van der Waals surface area (Å²) in [5, 5.41) is 1.50. The lowest BCUT2D eigenvalue weighted by molar-refractivity contribution is -0.135. The number of aromatic nitrogens is 1. The zero-order valence-electron chi connectivity index (χ0n) is 17.1. The third-order valence-electron chi connectivity index (χ3n) is 6.00. The Balaban J connectivity index is 1.69. The maximum atomic E-state index is 13.0. The molecule has 2 aliphatic rings. The summed E-state index contributed by atoms with van der Waals surface area (Å²) in [4.78, 5) is 30.7. The van der Waals surface area contributed by atoms with E-state index in [-0.39, 0.29) is 11.8 Å². The van der Waals surface area contributed by atoms with Crippen LogP contribution in [0.3, 0.4) is 0 Å². The van der Waals surface area contributed by atoms with Crippen LogP contribution in [0.25, 0.3) is 17.0 Å². The Morgan fingerprint density at radius 2 is 1.97 bits per heavy atom. The third kappa shape index (κ3) is 3.44. The molecule has 7 heteroatoms. The Hall–Kier alpha value is -2.67. The van der Waals surface area contributed by atoms with E-state index in [0.717, 1.165) is 35.9 Å². The Morgan fingerprint density at radius 1 is 1.21 bits per heavy atom. The van der Waals surface area contributed by atoms with Crippen molar-refractivity contribution < 1.29 is 9.59 Å². The number of para-hydroxylation sites is 1. The summed E-state index contributed by atoms with van der Waals surface area (Å²) in [7, 11) is 3.49. The molecule has 2 fully saturated rings. The van der Waals surface area contributed by atoms with Gasteiger partial charge in [-0.2, -0.15) is 0 Å². The summed E-state index contributed by atoms with van der Waals surface area (Å²) < 4.78 is 1.99. The van der Waals surface area contributed by atoms with Gasteiger partial charge in [0.2, 0.25) is 5.91 Å². The van der Waals surface area contributed by atoms with E-state index in [1.807, 2.05) is 46.0 Å². The number of likely N-dealkylation sites (N-methyl/N-ethyl adjacent to an activating group) is 2. The molecule has 0 bridgehead atoms. The zero-order chi connectivity index (χ0) is 20.7. The quantitative estimate of drug-likeness (QED) is 0.576. The van der Waals surface area contributed by atoms with Gasteiger partial charge < -0.3 is 14.4 Å². The van der Waals surface area contributed by atoms with Crippen molar-refractivity contribution in [1.82, 2.24) is 19.3 Å². The van der Waals surface area contributed by atoms with Gasteiger partial charge in [0.1, 0.15) is 12.2 Å². The average Bonchev–Trinajstić information content (AvgIpc) is 3.15. The number of benzene rings is 1. The van der Waals surface area contributed by atoms with E-state index in [0.29, 0.717) is 23.4 Å². The molecule has 2 amide bonds. The second kappa shape index (κ2) is 7.63. The molecule has 0 saturated carbocycles. The molecule has 6 nitrogen and oxygen atoms in total. The van der Waals surface area contributed by atoms with Gasteiger partial charge in [0.15, 0.2) is 5.11 Å². The van der Waals surface area contributed by atoms with Gasteiger partial charge >= 0.3 is 0 Å². The first-order chi connectivity index (χ1) is 13.9. The van der Waals surface area contributed by atoms with E-state index in [2.05, 4.69) is 6.92 Å². The van der Waals surface area contributed by atoms with Crippen LogP contribution in [0.2, 0.25) is 0 Å². The molecule has 152 valence electrons. The predicted octanol–water partition coefficient (Wildman–Crippen LogP) is 3.07. The van der Waals surface area contributed by atoms with Gasteiger partial charge in [-0.25, -0.2) is 0 Å². The van der Waals surface area contributed by atoms with Crippen molar-refractivity contribution >= 4 is 46.1 Å². The Bertz CT molecular complexity index is 1020. The van der Waals surface area contributed by atoms with Gasteiger partial charge in [-0.1, -0.05) is 18.2 Å². The van der Waals surface area contributed by atoms with Crippen LogP contribution in [0.5, 0.6) is 0 Å². The molecule has 0 radical (unpaired) electrons. The van der Waals surface area contributed by atoms with Gasteiger partial charge in [0.25, 0.3) is 5.91 Å². The molecule has 2 saturated heterocycles. The zero-order valence-corrected chi connectivity index (χ0v) is 17.9. The smallest absolute Gasteiger partial charge is 0.276 e. The number of carbonyl (C=O) groups is 2. The van der Waals surface area contributed by atoms with Crippen LogP contribution in [0, 0.1) is 0 Å². The van der Waals surface area contributed by atoms with Gasteiger partial charge in [0.05, 0.1) is 0 Å². The van der Waals surface area contributed by atoms with Crippen LogP contribution in [0.4, 0.5) is 0 Å². The normalized spacial score (nSPS) is 21.7. The van der Waals surface area contributed by atoms with Crippen molar-refractivity contribution in [3.8, 4) is 0 Å². The summed E-state index contributed by atoms with van der Waals surface area (Å²) >= 11 is 5.31. The maximum Gasteiger partial charge on any atom is 0.276 e. The molecule has 1 aromatic heterocycles. The summed E-state index contributed by atoms with van der Waals surface area (Å²) in [6.45, 7) is 3.26. The Labute approximate surface area is 176 Å². The number of hydrogen-bond donors (Lipinski definition) is 0. The van der Waals surface area contributed by atoms with E-state index in [4.69, 9.17) is 12.2 Å². The maximum absolute atomic E-state index is 13.0. The lowest BCUT2D eigenvalue weighted by Gasteiger charge is -2.33. The molecule has 1 aromatic carbocycles. The fourth-order valence-corrected chi connectivity index (χ4v) is 4.44. The molecule has 0 aliphatic carbocycles. The molecule has 2 aliphatic heterocycles. The van der Waals surface area contributed by atoms with Crippen molar-refractivity contribution in [1.29, 1.82) is 0 Å². The number of piperidine rings is 1. The van der Waals surface area contributed by atoms with Crippen molar-refractivity contribution in [2.24, 2.45) is 0 Å². The average molecular weight is 411 g/mol. The van der Waals surface area contributed by atoms with Crippen molar-refractivity contribution in [2.75, 3.05) is 20.6 Å². The molecular weight excluding hydrogens is 384 g/mol. The highest BCUT2D eigenvalue weighted by Crippen LogP contribution is 2.27. The van der Waals surface area contributed by atoms with Gasteiger partial charge in [-0.15, -0.1) is 0 Å². The van der Waals surface area contributed by atoms with Crippen molar-refractivity contribution in [3.05, 3.63) is 41.7 Å². The monoisotopic (exact) mass is 410 g/mol. The molecule has 29 heavy (non-hydrogen) atoms. The van der Waals surface area contributed by atoms with E-state index in [9.17, 15) is 9.59 Å². The summed E-state index contributed by atoms with van der Waals surface area (Å²) in [6.07, 6.45) is 7.16. The van der Waals surface area contributed by atoms with Crippen molar-refractivity contribution in [3.63, 3.8) is 0 Å². The molecule has 2 aromatic rings. The molecule has 0 N–H and O–H groups in total.